The van der Waals surface area contributed by atoms with Gasteiger partial charge in [0.05, 0.1) is 12.2 Å². The standard InChI is InChI=1S/C15H16FN2O2PS2/c1-21(20,22-14-10-6-3-7-11-14)18(23-17-12-15(16)19)13-8-4-2-5-9-13/h2-11,17H,12H2,1H3. The van der Waals surface area contributed by atoms with Crippen molar-refractivity contribution in [2.45, 2.75) is 4.90 Å². The molecular formula is C15H16FN2O2PS2. The number of halogens is 1. The molecule has 0 amide bonds. The molecule has 0 aliphatic rings. The fourth-order valence-corrected chi connectivity index (χ4v) is 6.99. The predicted molar refractivity (Wildman–Crippen MR) is 96.5 cm³/mol. The Morgan fingerprint density at radius 1 is 1.13 bits per heavy atom. The maximum Gasteiger partial charge on any atom is 0.316 e. The van der Waals surface area contributed by atoms with E-state index in [1.807, 2.05) is 60.7 Å². The molecular weight excluding hydrogens is 354 g/mol. The van der Waals surface area contributed by atoms with Gasteiger partial charge in [0.25, 0.3) is 0 Å². The topological polar surface area (TPSA) is 49.4 Å². The van der Waals surface area contributed by atoms with Crippen molar-refractivity contribution in [1.29, 1.82) is 0 Å². The van der Waals surface area contributed by atoms with Crippen molar-refractivity contribution in [1.82, 2.24) is 4.72 Å². The third-order valence-electron chi connectivity index (χ3n) is 2.69. The van der Waals surface area contributed by atoms with E-state index in [4.69, 9.17) is 0 Å². The lowest BCUT2D eigenvalue weighted by Crippen LogP contribution is -2.20. The number of para-hydroxylation sites is 1. The van der Waals surface area contributed by atoms with Gasteiger partial charge in [0, 0.05) is 23.7 Å². The monoisotopic (exact) mass is 370 g/mol. The van der Waals surface area contributed by atoms with E-state index in [-0.39, 0.29) is 0 Å². The summed E-state index contributed by atoms with van der Waals surface area (Å²) in [5.41, 5.74) is 0.713. The van der Waals surface area contributed by atoms with Crippen molar-refractivity contribution < 1.29 is 13.8 Å². The van der Waals surface area contributed by atoms with E-state index in [1.54, 1.807) is 10.7 Å². The van der Waals surface area contributed by atoms with Gasteiger partial charge in [-0.2, -0.15) is 4.39 Å². The highest BCUT2D eigenvalue weighted by Crippen LogP contribution is 2.64. The molecule has 0 bridgehead atoms. The van der Waals surface area contributed by atoms with Crippen LogP contribution in [0.2, 0.25) is 0 Å². The Hall–Kier alpha value is -1.27. The second-order valence-electron chi connectivity index (χ2n) is 4.58. The van der Waals surface area contributed by atoms with Crippen molar-refractivity contribution in [2.75, 3.05) is 17.3 Å². The van der Waals surface area contributed by atoms with E-state index >= 15 is 0 Å². The SMILES string of the molecule is CP(=O)(Sc1ccccc1)N(SNCC(=O)F)c1ccccc1. The summed E-state index contributed by atoms with van der Waals surface area (Å²) in [6, 6.07) is 17.1. The Balaban J connectivity index is 2.20. The van der Waals surface area contributed by atoms with Gasteiger partial charge in [0.15, 0.2) is 0 Å². The lowest BCUT2D eigenvalue weighted by atomic mass is 10.3. The molecule has 0 aliphatic heterocycles. The zero-order chi connectivity index (χ0) is 16.7. The summed E-state index contributed by atoms with van der Waals surface area (Å²) in [4.78, 5) is 11.3. The average Bonchev–Trinajstić information content (AvgIpc) is 2.52. The summed E-state index contributed by atoms with van der Waals surface area (Å²) >= 11 is 2.22. The second kappa shape index (κ2) is 8.55. The number of benzene rings is 2. The summed E-state index contributed by atoms with van der Waals surface area (Å²) in [6.07, 6.45) is 0. The molecule has 0 heterocycles. The molecule has 8 heteroatoms. The minimum absolute atomic E-state index is 0.440. The second-order valence-corrected chi connectivity index (χ2v) is 10.9. The molecule has 1 unspecified atom stereocenters. The number of carbonyl (C=O) groups is 1. The van der Waals surface area contributed by atoms with Crippen LogP contribution in [0.25, 0.3) is 0 Å². The highest BCUT2D eigenvalue weighted by atomic mass is 32.7. The quantitative estimate of drug-likeness (QED) is 0.411. The van der Waals surface area contributed by atoms with Crippen LogP contribution in [0.5, 0.6) is 0 Å². The van der Waals surface area contributed by atoms with Crippen molar-refractivity contribution >= 4 is 41.7 Å². The van der Waals surface area contributed by atoms with Crippen molar-refractivity contribution in [2.24, 2.45) is 0 Å². The first-order chi connectivity index (χ1) is 11.0. The third kappa shape index (κ3) is 5.70. The van der Waals surface area contributed by atoms with Crippen LogP contribution in [-0.2, 0) is 9.36 Å². The number of hydrogen-bond donors (Lipinski definition) is 1. The summed E-state index contributed by atoms with van der Waals surface area (Å²) in [5.74, 6) is 0. The molecule has 0 aromatic heterocycles. The average molecular weight is 370 g/mol. The third-order valence-corrected chi connectivity index (χ3v) is 8.69. The number of carbonyl (C=O) groups excluding carboxylic acids is 1. The van der Waals surface area contributed by atoms with Crippen molar-refractivity contribution in [3.63, 3.8) is 0 Å². The molecule has 122 valence electrons. The fraction of sp³-hybridized carbons (Fsp3) is 0.133. The smallest absolute Gasteiger partial charge is 0.287 e. The van der Waals surface area contributed by atoms with Gasteiger partial charge in [-0.3, -0.25) is 9.36 Å². The van der Waals surface area contributed by atoms with Crippen LogP contribution in [0, 0.1) is 0 Å². The number of nitrogens with one attached hydrogen (secondary N) is 1. The maximum absolute atomic E-state index is 13.2. The molecule has 0 saturated heterocycles. The van der Waals surface area contributed by atoms with E-state index in [1.165, 1.54) is 11.4 Å². The van der Waals surface area contributed by atoms with Crippen LogP contribution in [-0.4, -0.2) is 19.2 Å². The zero-order valence-corrected chi connectivity index (χ0v) is 14.9. The predicted octanol–water partition coefficient (Wildman–Crippen LogP) is 4.76. The summed E-state index contributed by atoms with van der Waals surface area (Å²) in [7, 11) is 0. The number of nitrogens with zero attached hydrogens (tertiary/aromatic N) is 1. The molecule has 4 nitrogen and oxygen atoms in total. The highest BCUT2D eigenvalue weighted by Gasteiger charge is 2.28. The lowest BCUT2D eigenvalue weighted by Gasteiger charge is -2.28. The Kier molecular flexibility index (Phi) is 6.72. The van der Waals surface area contributed by atoms with Gasteiger partial charge >= 0.3 is 6.04 Å². The first kappa shape index (κ1) is 18.1. The highest BCUT2D eigenvalue weighted by molar-refractivity contribution is 8.60. The van der Waals surface area contributed by atoms with Crippen LogP contribution in [0.4, 0.5) is 10.1 Å². The number of rotatable bonds is 8. The van der Waals surface area contributed by atoms with Crippen molar-refractivity contribution in [3.8, 4) is 0 Å². The minimum atomic E-state index is -2.89. The van der Waals surface area contributed by atoms with Crippen LogP contribution in [0.3, 0.4) is 0 Å². The van der Waals surface area contributed by atoms with Gasteiger partial charge < -0.3 is 0 Å². The van der Waals surface area contributed by atoms with E-state index in [2.05, 4.69) is 4.72 Å². The molecule has 2 aromatic carbocycles. The van der Waals surface area contributed by atoms with Gasteiger partial charge in [-0.1, -0.05) is 36.4 Å². The van der Waals surface area contributed by atoms with Gasteiger partial charge in [-0.15, -0.1) is 0 Å². The van der Waals surface area contributed by atoms with Crippen LogP contribution >= 0.6 is 30.0 Å². The van der Waals surface area contributed by atoms with E-state index in [0.29, 0.717) is 5.69 Å². The summed E-state index contributed by atoms with van der Waals surface area (Å²) in [6.45, 7) is -1.69. The molecule has 1 N–H and O–H groups in total. The Labute approximate surface area is 143 Å². The fourth-order valence-electron chi connectivity index (χ4n) is 1.76. The maximum atomic E-state index is 13.2. The van der Waals surface area contributed by atoms with E-state index in [0.717, 1.165) is 17.0 Å². The van der Waals surface area contributed by atoms with Crippen LogP contribution in [0.15, 0.2) is 65.6 Å². The van der Waals surface area contributed by atoms with Crippen LogP contribution < -0.4 is 8.80 Å². The van der Waals surface area contributed by atoms with Gasteiger partial charge in [-0.05, 0) is 35.6 Å². The molecule has 0 fully saturated rings. The van der Waals surface area contributed by atoms with E-state index in [9.17, 15) is 13.8 Å². The molecule has 0 saturated carbocycles. The number of hydrogen-bond acceptors (Lipinski definition) is 5. The van der Waals surface area contributed by atoms with Crippen LogP contribution in [0.1, 0.15) is 0 Å². The molecule has 0 aliphatic carbocycles. The molecule has 0 spiro atoms. The number of anilines is 1. The first-order valence-electron chi connectivity index (χ1n) is 6.75. The lowest BCUT2D eigenvalue weighted by molar-refractivity contribution is -0.127. The Morgan fingerprint density at radius 2 is 1.70 bits per heavy atom. The molecule has 1 atom stereocenters. The summed E-state index contributed by atoms with van der Waals surface area (Å²) < 4.78 is 29.8. The zero-order valence-electron chi connectivity index (χ0n) is 12.4. The molecule has 2 aromatic rings. The van der Waals surface area contributed by atoms with Gasteiger partial charge in [0.2, 0.25) is 6.49 Å². The Bertz CT molecular complexity index is 688. The normalized spacial score (nSPS) is 13.3. The summed E-state index contributed by atoms with van der Waals surface area (Å²) in [5, 5.41) is 0. The van der Waals surface area contributed by atoms with E-state index < -0.39 is 19.1 Å². The first-order valence-corrected chi connectivity index (χ1v) is 11.1. The largest absolute Gasteiger partial charge is 0.316 e. The Morgan fingerprint density at radius 3 is 2.26 bits per heavy atom. The molecule has 23 heavy (non-hydrogen) atoms. The van der Waals surface area contributed by atoms with Gasteiger partial charge in [0.1, 0.15) is 0 Å². The molecule has 2 rings (SSSR count). The minimum Gasteiger partial charge on any atom is -0.287 e. The van der Waals surface area contributed by atoms with Gasteiger partial charge in [-0.25, -0.2) is 8.80 Å². The van der Waals surface area contributed by atoms with Crippen molar-refractivity contribution in [3.05, 3.63) is 60.7 Å². The molecule has 0 radical (unpaired) electrons.